The van der Waals surface area contributed by atoms with Crippen LogP contribution in [0, 0.1) is 12.7 Å². The summed E-state index contributed by atoms with van der Waals surface area (Å²) < 4.78 is 20.3. The van der Waals surface area contributed by atoms with Gasteiger partial charge in [0, 0.05) is 27.4 Å². The molecule has 5 rings (SSSR count). The first-order chi connectivity index (χ1) is 17.2. The summed E-state index contributed by atoms with van der Waals surface area (Å²) in [7, 11) is 0. The van der Waals surface area contributed by atoms with Gasteiger partial charge in [-0.25, -0.2) is 4.39 Å². The van der Waals surface area contributed by atoms with Gasteiger partial charge in [-0.1, -0.05) is 35.3 Å². The van der Waals surface area contributed by atoms with Gasteiger partial charge in [0.15, 0.2) is 0 Å². The van der Waals surface area contributed by atoms with Gasteiger partial charge in [-0.15, -0.1) is 0 Å². The fourth-order valence-electron chi connectivity index (χ4n) is 5.07. The molecule has 2 aliphatic rings. The molecule has 184 valence electrons. The normalized spacial score (nSPS) is 20.6. The zero-order chi connectivity index (χ0) is 25.6. The third-order valence-corrected chi connectivity index (χ3v) is 7.02. The monoisotopic (exact) mass is 526 g/mol. The maximum atomic E-state index is 14.5. The SMILES string of the molecule is Cc1ccc(F)cc1C1=CC(=O)N[C@H](c2cc(Cl)ccc2OCCO)[C@@]12C(=O)Nc1cc(Cl)ccc12. The molecule has 0 saturated heterocycles. The Morgan fingerprint density at radius 2 is 1.81 bits per heavy atom. The number of aliphatic hydroxyl groups excluding tert-OH is 1. The second-order valence-electron chi connectivity index (χ2n) is 8.67. The minimum atomic E-state index is -1.51. The molecule has 2 heterocycles. The zero-order valence-corrected chi connectivity index (χ0v) is 20.6. The molecule has 0 bridgehead atoms. The number of halogens is 3. The summed E-state index contributed by atoms with van der Waals surface area (Å²) in [5.41, 5.74) is 1.41. The summed E-state index contributed by atoms with van der Waals surface area (Å²) in [5.74, 6) is -1.05. The van der Waals surface area contributed by atoms with Crippen molar-refractivity contribution in [2.75, 3.05) is 18.5 Å². The van der Waals surface area contributed by atoms with Crippen LogP contribution in [0.4, 0.5) is 10.1 Å². The lowest BCUT2D eigenvalue weighted by Crippen LogP contribution is -2.52. The average molecular weight is 527 g/mol. The molecule has 0 aromatic heterocycles. The molecule has 9 heteroatoms. The number of benzene rings is 3. The second kappa shape index (κ2) is 9.24. The molecule has 0 saturated carbocycles. The van der Waals surface area contributed by atoms with Crippen LogP contribution in [0.3, 0.4) is 0 Å². The van der Waals surface area contributed by atoms with E-state index in [1.165, 1.54) is 18.2 Å². The molecule has 2 atom stereocenters. The number of amides is 2. The highest BCUT2D eigenvalue weighted by Crippen LogP contribution is 2.57. The van der Waals surface area contributed by atoms with Crippen LogP contribution in [-0.4, -0.2) is 30.1 Å². The summed E-state index contributed by atoms with van der Waals surface area (Å²) in [6.45, 7) is 1.54. The molecule has 6 nitrogen and oxygen atoms in total. The standard InChI is InChI=1S/C27H21Cl2FN2O4/c1-14-2-5-17(30)12-18(14)21-13-24(34)32-25(19-10-15(28)4-7-23(19)36-9-8-33)27(21)20-6-3-16(29)11-22(20)31-26(27)35/h2-7,10-13,25,33H,8-9H2,1H3,(H,31,35)(H,32,34)/t25-,27+/m1/s1. The number of hydrogen-bond donors (Lipinski definition) is 3. The molecule has 2 aliphatic heterocycles. The van der Waals surface area contributed by atoms with Crippen molar-refractivity contribution < 1.29 is 23.8 Å². The third kappa shape index (κ3) is 3.84. The van der Waals surface area contributed by atoms with Crippen molar-refractivity contribution in [2.45, 2.75) is 18.4 Å². The molecule has 1 spiro atoms. The molecule has 0 aliphatic carbocycles. The van der Waals surface area contributed by atoms with E-state index in [-0.39, 0.29) is 13.2 Å². The van der Waals surface area contributed by atoms with E-state index in [1.54, 1.807) is 49.4 Å². The number of nitrogens with one attached hydrogen (secondary N) is 2. The highest BCUT2D eigenvalue weighted by Gasteiger charge is 2.59. The number of fused-ring (bicyclic) bond motifs is 2. The van der Waals surface area contributed by atoms with Crippen molar-refractivity contribution in [1.82, 2.24) is 5.32 Å². The number of ether oxygens (including phenoxy) is 1. The lowest BCUT2D eigenvalue weighted by molar-refractivity contribution is -0.122. The highest BCUT2D eigenvalue weighted by atomic mass is 35.5. The quantitative estimate of drug-likeness (QED) is 0.438. The van der Waals surface area contributed by atoms with Crippen molar-refractivity contribution in [3.63, 3.8) is 0 Å². The van der Waals surface area contributed by atoms with Crippen LogP contribution >= 0.6 is 23.2 Å². The van der Waals surface area contributed by atoms with E-state index in [4.69, 9.17) is 27.9 Å². The van der Waals surface area contributed by atoms with Gasteiger partial charge in [-0.05, 0) is 71.7 Å². The molecule has 3 aromatic carbocycles. The number of hydrogen-bond acceptors (Lipinski definition) is 4. The molecule has 36 heavy (non-hydrogen) atoms. The predicted molar refractivity (Wildman–Crippen MR) is 136 cm³/mol. The average Bonchev–Trinajstić information content (AvgIpc) is 3.12. The fourth-order valence-corrected chi connectivity index (χ4v) is 5.42. The van der Waals surface area contributed by atoms with E-state index in [0.717, 1.165) is 0 Å². The molecule has 0 fully saturated rings. The number of anilines is 1. The molecular formula is C27H21Cl2FN2O4. The molecule has 3 N–H and O–H groups in total. The Bertz CT molecular complexity index is 1440. The first-order valence-corrected chi connectivity index (χ1v) is 11.9. The van der Waals surface area contributed by atoms with Crippen LogP contribution in [0.15, 0.2) is 60.7 Å². The van der Waals surface area contributed by atoms with Gasteiger partial charge in [-0.3, -0.25) is 9.59 Å². The minimum Gasteiger partial charge on any atom is -0.491 e. The summed E-state index contributed by atoms with van der Waals surface area (Å²) in [6.07, 6.45) is 1.33. The van der Waals surface area contributed by atoms with Gasteiger partial charge >= 0.3 is 0 Å². The van der Waals surface area contributed by atoms with Crippen LogP contribution in [-0.2, 0) is 15.0 Å². The lowest BCUT2D eigenvalue weighted by Gasteiger charge is -2.42. The topological polar surface area (TPSA) is 87.7 Å². The van der Waals surface area contributed by atoms with Crippen LogP contribution in [0.1, 0.15) is 28.3 Å². The number of aryl methyl sites for hydroxylation is 1. The second-order valence-corrected chi connectivity index (χ2v) is 9.54. The zero-order valence-electron chi connectivity index (χ0n) is 19.1. The van der Waals surface area contributed by atoms with Crippen LogP contribution in [0.25, 0.3) is 5.57 Å². The summed E-state index contributed by atoms with van der Waals surface area (Å²) in [4.78, 5) is 27.1. The lowest BCUT2D eigenvalue weighted by atomic mass is 9.63. The Hall–Kier alpha value is -3.39. The highest BCUT2D eigenvalue weighted by molar-refractivity contribution is 6.31. The van der Waals surface area contributed by atoms with E-state index in [0.29, 0.717) is 49.3 Å². The Morgan fingerprint density at radius 1 is 1.06 bits per heavy atom. The van der Waals surface area contributed by atoms with Gasteiger partial charge in [0.05, 0.1) is 12.6 Å². The van der Waals surface area contributed by atoms with Gasteiger partial charge in [0.2, 0.25) is 11.8 Å². The fraction of sp³-hybridized carbons (Fsp3) is 0.185. The number of aliphatic hydroxyl groups is 1. The van der Waals surface area contributed by atoms with Crippen molar-refractivity contribution in [3.8, 4) is 5.75 Å². The van der Waals surface area contributed by atoms with Gasteiger partial charge in [-0.2, -0.15) is 0 Å². The first kappa shape index (κ1) is 24.3. The van der Waals surface area contributed by atoms with E-state index < -0.39 is 29.1 Å². The molecular weight excluding hydrogens is 506 g/mol. The Balaban J connectivity index is 1.85. The molecule has 2 amide bonds. The largest absolute Gasteiger partial charge is 0.491 e. The Kier molecular flexibility index (Phi) is 6.24. The van der Waals surface area contributed by atoms with E-state index in [2.05, 4.69) is 10.6 Å². The van der Waals surface area contributed by atoms with E-state index in [1.807, 2.05) is 0 Å². The van der Waals surface area contributed by atoms with Gasteiger partial charge in [0.25, 0.3) is 0 Å². The number of carbonyl (C=O) groups excluding carboxylic acids is 2. The third-order valence-electron chi connectivity index (χ3n) is 6.55. The van der Waals surface area contributed by atoms with E-state index >= 15 is 0 Å². The maximum absolute atomic E-state index is 14.5. The molecule has 0 unspecified atom stereocenters. The molecule has 3 aromatic rings. The predicted octanol–water partition coefficient (Wildman–Crippen LogP) is 4.96. The smallest absolute Gasteiger partial charge is 0.244 e. The minimum absolute atomic E-state index is 0.00755. The van der Waals surface area contributed by atoms with Crippen molar-refractivity contribution >= 4 is 46.3 Å². The number of carbonyl (C=O) groups is 2. The maximum Gasteiger partial charge on any atom is 0.244 e. The van der Waals surface area contributed by atoms with Gasteiger partial charge < -0.3 is 20.5 Å². The van der Waals surface area contributed by atoms with Crippen molar-refractivity contribution in [1.29, 1.82) is 0 Å². The first-order valence-electron chi connectivity index (χ1n) is 11.2. The molecule has 0 radical (unpaired) electrons. The van der Waals surface area contributed by atoms with E-state index in [9.17, 15) is 19.1 Å². The van der Waals surface area contributed by atoms with Crippen LogP contribution < -0.4 is 15.4 Å². The van der Waals surface area contributed by atoms with Crippen molar-refractivity contribution in [2.24, 2.45) is 0 Å². The van der Waals surface area contributed by atoms with Crippen LogP contribution in [0.5, 0.6) is 5.75 Å². The Morgan fingerprint density at radius 3 is 2.58 bits per heavy atom. The summed E-state index contributed by atoms with van der Waals surface area (Å²) in [5, 5.41) is 15.9. The Labute approximate surface area is 216 Å². The number of rotatable bonds is 5. The van der Waals surface area contributed by atoms with Crippen LogP contribution in [0.2, 0.25) is 10.0 Å². The summed E-state index contributed by atoms with van der Waals surface area (Å²) >= 11 is 12.6. The van der Waals surface area contributed by atoms with Gasteiger partial charge in [0.1, 0.15) is 23.6 Å². The van der Waals surface area contributed by atoms with Crippen molar-refractivity contribution in [3.05, 3.63) is 98.8 Å². The summed E-state index contributed by atoms with van der Waals surface area (Å²) in [6, 6.07) is 13.1.